The van der Waals surface area contributed by atoms with Gasteiger partial charge in [-0.05, 0) is 25.7 Å². The number of nitrogens with zero attached hydrogens (tertiary/aromatic N) is 2. The lowest BCUT2D eigenvalue weighted by molar-refractivity contribution is -0.125. The second-order valence-electron chi connectivity index (χ2n) is 5.11. The van der Waals surface area contributed by atoms with E-state index in [1.165, 1.54) is 6.07 Å². The van der Waals surface area contributed by atoms with Crippen LogP contribution in [0.1, 0.15) is 5.56 Å². The third-order valence-electron chi connectivity index (χ3n) is 3.62. The van der Waals surface area contributed by atoms with Crippen molar-refractivity contribution in [3.05, 3.63) is 34.6 Å². The third kappa shape index (κ3) is 3.32. The summed E-state index contributed by atoms with van der Waals surface area (Å²) in [6.07, 6.45) is 0.180. The maximum absolute atomic E-state index is 13.3. The number of piperazine rings is 1. The van der Waals surface area contributed by atoms with Crippen LogP contribution in [0.25, 0.3) is 0 Å². The van der Waals surface area contributed by atoms with E-state index in [1.54, 1.807) is 12.1 Å². The normalized spacial score (nSPS) is 21.6. The van der Waals surface area contributed by atoms with E-state index in [0.29, 0.717) is 12.1 Å². The van der Waals surface area contributed by atoms with E-state index < -0.39 is 5.82 Å². The summed E-state index contributed by atoms with van der Waals surface area (Å²) in [4.78, 5) is 16.5. The van der Waals surface area contributed by atoms with Crippen LogP contribution >= 0.6 is 11.6 Å². The van der Waals surface area contributed by atoms with Crippen molar-refractivity contribution in [1.82, 2.24) is 9.80 Å². The summed E-state index contributed by atoms with van der Waals surface area (Å²) in [5, 5.41) is 0.0580. The smallest absolute Gasteiger partial charge is 0.155 e. The fourth-order valence-electron chi connectivity index (χ4n) is 2.35. The fourth-order valence-corrected chi connectivity index (χ4v) is 2.54. The van der Waals surface area contributed by atoms with Gasteiger partial charge in [-0.3, -0.25) is 9.69 Å². The summed E-state index contributed by atoms with van der Waals surface area (Å²) in [7, 11) is 3.95. The molecule has 19 heavy (non-hydrogen) atoms. The Morgan fingerprint density at radius 1 is 1.42 bits per heavy atom. The van der Waals surface area contributed by atoms with Gasteiger partial charge in [0.25, 0.3) is 0 Å². The molecule has 1 aliphatic rings. The number of rotatable bonds is 3. The van der Waals surface area contributed by atoms with Crippen molar-refractivity contribution in [3.63, 3.8) is 0 Å². The lowest BCUT2D eigenvalue weighted by Crippen LogP contribution is -2.53. The quantitative estimate of drug-likeness (QED) is 0.846. The number of hydrogen-bond acceptors (Lipinski definition) is 3. The van der Waals surface area contributed by atoms with Crippen molar-refractivity contribution in [2.75, 3.05) is 33.7 Å². The van der Waals surface area contributed by atoms with Gasteiger partial charge in [0.2, 0.25) is 0 Å². The average molecular weight is 285 g/mol. The van der Waals surface area contributed by atoms with Crippen LogP contribution in [0.5, 0.6) is 0 Å². The molecule has 5 heteroatoms. The standard InChI is InChI=1S/C14H18ClFN2O/c1-17-6-7-18(2)12(9-17)13(19)8-10-4-3-5-11(16)14(10)15/h3-5,12H,6-9H2,1-2H3. The molecule has 0 aliphatic carbocycles. The average Bonchev–Trinajstić information content (AvgIpc) is 2.38. The molecule has 1 aliphatic heterocycles. The molecule has 0 amide bonds. The van der Waals surface area contributed by atoms with Crippen molar-refractivity contribution < 1.29 is 9.18 Å². The van der Waals surface area contributed by atoms with Gasteiger partial charge in [0.1, 0.15) is 5.82 Å². The summed E-state index contributed by atoms with van der Waals surface area (Å²) in [5.74, 6) is -0.386. The minimum absolute atomic E-state index is 0.0580. The molecule has 1 fully saturated rings. The van der Waals surface area contributed by atoms with Crippen molar-refractivity contribution in [2.24, 2.45) is 0 Å². The molecule has 0 radical (unpaired) electrons. The van der Waals surface area contributed by atoms with E-state index in [0.717, 1.165) is 13.1 Å². The van der Waals surface area contributed by atoms with Crippen molar-refractivity contribution >= 4 is 17.4 Å². The Bertz CT molecular complexity index is 481. The Labute approximate surface area is 117 Å². The lowest BCUT2D eigenvalue weighted by atomic mass is 10.0. The van der Waals surface area contributed by atoms with Gasteiger partial charge in [-0.2, -0.15) is 0 Å². The van der Waals surface area contributed by atoms with Crippen molar-refractivity contribution in [2.45, 2.75) is 12.5 Å². The molecule has 104 valence electrons. The van der Waals surface area contributed by atoms with Crippen LogP contribution in [0.4, 0.5) is 4.39 Å². The Morgan fingerprint density at radius 2 is 2.16 bits per heavy atom. The highest BCUT2D eigenvalue weighted by Gasteiger charge is 2.28. The monoisotopic (exact) mass is 284 g/mol. The minimum atomic E-state index is -0.471. The summed E-state index contributed by atoms with van der Waals surface area (Å²) in [5.41, 5.74) is 0.563. The number of ketones is 1. The van der Waals surface area contributed by atoms with E-state index in [4.69, 9.17) is 11.6 Å². The van der Waals surface area contributed by atoms with Crippen LogP contribution in [-0.4, -0.2) is 55.4 Å². The van der Waals surface area contributed by atoms with Gasteiger partial charge >= 0.3 is 0 Å². The summed E-state index contributed by atoms with van der Waals surface area (Å²) >= 11 is 5.89. The van der Waals surface area contributed by atoms with E-state index in [1.807, 2.05) is 14.1 Å². The number of halogens is 2. The Balaban J connectivity index is 2.10. The number of benzene rings is 1. The summed E-state index contributed by atoms with van der Waals surface area (Å²) < 4.78 is 13.3. The molecule has 1 heterocycles. The van der Waals surface area contributed by atoms with Gasteiger partial charge in [0, 0.05) is 26.1 Å². The Kier molecular flexibility index (Phi) is 4.55. The largest absolute Gasteiger partial charge is 0.303 e. The molecular formula is C14H18ClFN2O. The van der Waals surface area contributed by atoms with Gasteiger partial charge in [0.15, 0.2) is 5.78 Å². The van der Waals surface area contributed by atoms with Crippen molar-refractivity contribution in [1.29, 1.82) is 0 Å². The van der Waals surface area contributed by atoms with Crippen LogP contribution in [0.2, 0.25) is 5.02 Å². The van der Waals surface area contributed by atoms with Gasteiger partial charge < -0.3 is 4.90 Å². The van der Waals surface area contributed by atoms with Gasteiger partial charge in [-0.15, -0.1) is 0 Å². The molecule has 1 aromatic carbocycles. The van der Waals surface area contributed by atoms with Gasteiger partial charge in [0.05, 0.1) is 11.1 Å². The van der Waals surface area contributed by atoms with Crippen LogP contribution < -0.4 is 0 Å². The van der Waals surface area contributed by atoms with Crippen LogP contribution in [0, 0.1) is 5.82 Å². The molecule has 1 aromatic rings. The molecule has 0 spiro atoms. The second-order valence-corrected chi connectivity index (χ2v) is 5.49. The molecule has 0 aromatic heterocycles. The predicted octanol–water partition coefficient (Wildman–Crippen LogP) is 1.84. The fraction of sp³-hybridized carbons (Fsp3) is 0.500. The molecule has 3 nitrogen and oxygen atoms in total. The first kappa shape index (κ1) is 14.4. The lowest BCUT2D eigenvalue weighted by Gasteiger charge is -2.36. The summed E-state index contributed by atoms with van der Waals surface area (Å²) in [6, 6.07) is 4.45. The van der Waals surface area contributed by atoms with E-state index in [2.05, 4.69) is 9.80 Å². The zero-order valence-electron chi connectivity index (χ0n) is 11.2. The molecule has 1 saturated heterocycles. The first-order chi connectivity index (χ1) is 8.99. The summed E-state index contributed by atoms with van der Waals surface area (Å²) in [6.45, 7) is 2.53. The maximum Gasteiger partial charge on any atom is 0.155 e. The molecule has 2 rings (SSSR count). The molecule has 0 N–H and O–H groups in total. The first-order valence-electron chi connectivity index (χ1n) is 6.33. The zero-order valence-corrected chi connectivity index (χ0v) is 12.0. The second kappa shape index (κ2) is 5.99. The molecule has 1 unspecified atom stereocenters. The third-order valence-corrected chi connectivity index (χ3v) is 4.04. The highest BCUT2D eigenvalue weighted by Crippen LogP contribution is 2.21. The number of carbonyl (C=O) groups excluding carboxylic acids is 1. The minimum Gasteiger partial charge on any atom is -0.303 e. The van der Waals surface area contributed by atoms with E-state index in [-0.39, 0.29) is 23.3 Å². The molecular weight excluding hydrogens is 267 g/mol. The van der Waals surface area contributed by atoms with E-state index in [9.17, 15) is 9.18 Å². The molecule has 1 atom stereocenters. The SMILES string of the molecule is CN1CCN(C)C(C(=O)Cc2cccc(F)c2Cl)C1. The van der Waals surface area contributed by atoms with Crippen LogP contribution in [0.3, 0.4) is 0 Å². The van der Waals surface area contributed by atoms with E-state index >= 15 is 0 Å². The Hall–Kier alpha value is -0.970. The number of hydrogen-bond donors (Lipinski definition) is 0. The Morgan fingerprint density at radius 3 is 2.89 bits per heavy atom. The maximum atomic E-state index is 13.3. The molecule has 0 bridgehead atoms. The van der Waals surface area contributed by atoms with Gasteiger partial charge in [-0.25, -0.2) is 4.39 Å². The van der Waals surface area contributed by atoms with Crippen LogP contribution in [-0.2, 0) is 11.2 Å². The topological polar surface area (TPSA) is 23.6 Å². The van der Waals surface area contributed by atoms with Gasteiger partial charge in [-0.1, -0.05) is 23.7 Å². The number of likely N-dealkylation sites (N-methyl/N-ethyl adjacent to an activating group) is 2. The predicted molar refractivity (Wildman–Crippen MR) is 74.0 cm³/mol. The van der Waals surface area contributed by atoms with Crippen LogP contribution in [0.15, 0.2) is 18.2 Å². The first-order valence-corrected chi connectivity index (χ1v) is 6.71. The molecule has 0 saturated carbocycles. The number of Topliss-reactive ketones (excluding diaryl/α,β-unsaturated/α-hetero) is 1. The van der Waals surface area contributed by atoms with Crippen molar-refractivity contribution in [3.8, 4) is 0 Å². The zero-order chi connectivity index (χ0) is 14.0. The highest BCUT2D eigenvalue weighted by molar-refractivity contribution is 6.31. The number of carbonyl (C=O) groups is 1. The highest BCUT2D eigenvalue weighted by atomic mass is 35.5.